The van der Waals surface area contributed by atoms with E-state index in [1.165, 1.54) is 22.5 Å². The molecule has 122 valence electrons. The average molecular weight is 326 g/mol. The minimum Gasteiger partial charge on any atom is -0.258 e. The Morgan fingerprint density at radius 3 is 2.45 bits per heavy atom. The van der Waals surface area contributed by atoms with Gasteiger partial charge in [-0.1, -0.05) is 32.3 Å². The first-order valence-corrected chi connectivity index (χ1v) is 9.08. The fourth-order valence-electron chi connectivity index (χ4n) is 3.08. The molecule has 0 amide bonds. The first kappa shape index (κ1) is 16.9. The molecular weight excluding hydrogens is 304 g/mol. The summed E-state index contributed by atoms with van der Waals surface area (Å²) in [7, 11) is -3.69. The maximum Gasteiger partial charge on any atom is 0.273 e. The van der Waals surface area contributed by atoms with Crippen LogP contribution in [0, 0.1) is 17.0 Å². The lowest BCUT2D eigenvalue weighted by molar-refractivity contribution is -0.385. The van der Waals surface area contributed by atoms with Crippen molar-refractivity contribution in [2.75, 3.05) is 6.54 Å². The molecule has 0 heterocycles. The van der Waals surface area contributed by atoms with Gasteiger partial charge in [0, 0.05) is 24.2 Å². The molecule has 0 saturated heterocycles. The van der Waals surface area contributed by atoms with Gasteiger partial charge >= 0.3 is 0 Å². The van der Waals surface area contributed by atoms with E-state index in [1.54, 1.807) is 6.92 Å². The highest BCUT2D eigenvalue weighted by atomic mass is 32.2. The molecule has 1 saturated carbocycles. The highest BCUT2D eigenvalue weighted by molar-refractivity contribution is 7.89. The van der Waals surface area contributed by atoms with Crippen LogP contribution >= 0.6 is 0 Å². The van der Waals surface area contributed by atoms with Crippen molar-refractivity contribution in [1.82, 2.24) is 4.31 Å². The molecule has 1 aliphatic carbocycles. The van der Waals surface area contributed by atoms with E-state index in [1.807, 2.05) is 6.92 Å². The van der Waals surface area contributed by atoms with Crippen LogP contribution in [-0.4, -0.2) is 30.2 Å². The average Bonchev–Trinajstić information content (AvgIpc) is 2.48. The molecule has 22 heavy (non-hydrogen) atoms. The molecule has 1 fully saturated rings. The highest BCUT2D eigenvalue weighted by Crippen LogP contribution is 2.29. The summed E-state index contributed by atoms with van der Waals surface area (Å²) in [5.74, 6) is 0. The SMILES string of the molecule is CCN(C1CCCCC1)S(=O)(=O)c1ccc(C)c([N+](=O)[O-])c1. The smallest absolute Gasteiger partial charge is 0.258 e. The fourth-order valence-corrected chi connectivity index (χ4v) is 4.79. The molecule has 0 spiro atoms. The minimum atomic E-state index is -3.69. The fraction of sp³-hybridized carbons (Fsp3) is 0.600. The van der Waals surface area contributed by atoms with Crippen molar-refractivity contribution >= 4 is 15.7 Å². The third-order valence-electron chi connectivity index (χ3n) is 4.28. The summed E-state index contributed by atoms with van der Waals surface area (Å²) in [4.78, 5) is 10.5. The Labute approximate surface area is 131 Å². The Morgan fingerprint density at radius 2 is 1.91 bits per heavy atom. The summed E-state index contributed by atoms with van der Waals surface area (Å²) in [5.41, 5.74) is 0.311. The van der Waals surface area contributed by atoms with Crippen LogP contribution in [0.5, 0.6) is 0 Å². The summed E-state index contributed by atoms with van der Waals surface area (Å²) >= 11 is 0. The third-order valence-corrected chi connectivity index (χ3v) is 6.30. The van der Waals surface area contributed by atoms with Gasteiger partial charge in [0.25, 0.3) is 5.69 Å². The van der Waals surface area contributed by atoms with Crippen molar-refractivity contribution in [2.24, 2.45) is 0 Å². The predicted octanol–water partition coefficient (Wildman–Crippen LogP) is 3.25. The largest absolute Gasteiger partial charge is 0.273 e. The Balaban J connectivity index is 2.39. The number of aryl methyl sites for hydroxylation is 1. The van der Waals surface area contributed by atoms with Crippen LogP contribution in [0.4, 0.5) is 5.69 Å². The third kappa shape index (κ3) is 3.30. The summed E-state index contributed by atoms with van der Waals surface area (Å²) < 4.78 is 27.2. The molecule has 0 aliphatic heterocycles. The number of benzene rings is 1. The Kier molecular flexibility index (Phi) is 5.18. The molecule has 7 heteroatoms. The lowest BCUT2D eigenvalue weighted by Gasteiger charge is -2.32. The van der Waals surface area contributed by atoms with Crippen molar-refractivity contribution in [2.45, 2.75) is 56.9 Å². The second-order valence-electron chi connectivity index (χ2n) is 5.71. The van der Waals surface area contributed by atoms with Gasteiger partial charge in [-0.25, -0.2) is 8.42 Å². The summed E-state index contributed by atoms with van der Waals surface area (Å²) in [6.07, 6.45) is 4.93. The molecule has 1 aromatic carbocycles. The number of nitro groups is 1. The van der Waals surface area contributed by atoms with E-state index < -0.39 is 14.9 Å². The second kappa shape index (κ2) is 6.75. The van der Waals surface area contributed by atoms with Crippen molar-refractivity contribution in [1.29, 1.82) is 0 Å². The molecule has 2 rings (SSSR count). The zero-order valence-corrected chi connectivity index (χ0v) is 13.8. The van der Waals surface area contributed by atoms with E-state index in [-0.39, 0.29) is 16.6 Å². The van der Waals surface area contributed by atoms with E-state index >= 15 is 0 Å². The van der Waals surface area contributed by atoms with Crippen molar-refractivity contribution in [3.63, 3.8) is 0 Å². The number of nitro benzene ring substituents is 1. The molecule has 0 unspecified atom stereocenters. The van der Waals surface area contributed by atoms with Gasteiger partial charge in [-0.05, 0) is 25.8 Å². The predicted molar refractivity (Wildman–Crippen MR) is 84.3 cm³/mol. The molecule has 0 radical (unpaired) electrons. The standard InChI is InChI=1S/C15H22N2O4S/c1-3-16(13-7-5-4-6-8-13)22(20,21)14-10-9-12(2)15(11-14)17(18)19/h9-11,13H,3-8H2,1-2H3. The molecule has 0 bridgehead atoms. The van der Waals surface area contributed by atoms with Gasteiger partial charge in [0.15, 0.2) is 0 Å². The van der Waals surface area contributed by atoms with Gasteiger partial charge in [-0.2, -0.15) is 4.31 Å². The second-order valence-corrected chi connectivity index (χ2v) is 7.60. The van der Waals surface area contributed by atoms with Gasteiger partial charge in [0.05, 0.1) is 9.82 Å². The van der Waals surface area contributed by atoms with Crippen LogP contribution in [0.25, 0.3) is 0 Å². The number of sulfonamides is 1. The topological polar surface area (TPSA) is 80.5 Å². The minimum absolute atomic E-state index is 0.00380. The van der Waals surface area contributed by atoms with E-state index in [9.17, 15) is 18.5 Å². The van der Waals surface area contributed by atoms with Crippen molar-refractivity contribution < 1.29 is 13.3 Å². The van der Waals surface area contributed by atoms with Crippen LogP contribution in [0.1, 0.15) is 44.6 Å². The number of nitrogens with zero attached hydrogens (tertiary/aromatic N) is 2. The van der Waals surface area contributed by atoms with Crippen LogP contribution in [0.3, 0.4) is 0 Å². The molecule has 0 atom stereocenters. The van der Waals surface area contributed by atoms with Gasteiger partial charge in [-0.3, -0.25) is 10.1 Å². The number of hydrogen-bond donors (Lipinski definition) is 0. The lowest BCUT2D eigenvalue weighted by atomic mass is 9.95. The molecular formula is C15H22N2O4S. The van der Waals surface area contributed by atoms with Crippen LogP contribution < -0.4 is 0 Å². The van der Waals surface area contributed by atoms with Gasteiger partial charge in [-0.15, -0.1) is 0 Å². The Bertz CT molecular complexity index is 652. The quantitative estimate of drug-likeness (QED) is 0.614. The molecule has 0 N–H and O–H groups in total. The molecule has 1 aliphatic rings. The van der Waals surface area contributed by atoms with Crippen LogP contribution in [0.2, 0.25) is 0 Å². The van der Waals surface area contributed by atoms with E-state index in [4.69, 9.17) is 0 Å². The van der Waals surface area contributed by atoms with Gasteiger partial charge in [0.1, 0.15) is 0 Å². The zero-order chi connectivity index (χ0) is 16.3. The molecule has 0 aromatic heterocycles. The highest BCUT2D eigenvalue weighted by Gasteiger charge is 2.32. The number of rotatable bonds is 5. The number of hydrogen-bond acceptors (Lipinski definition) is 4. The monoisotopic (exact) mass is 326 g/mol. The van der Waals surface area contributed by atoms with Gasteiger partial charge in [0.2, 0.25) is 10.0 Å². The normalized spacial score (nSPS) is 16.9. The van der Waals surface area contributed by atoms with Crippen molar-refractivity contribution in [3.05, 3.63) is 33.9 Å². The van der Waals surface area contributed by atoms with Crippen LogP contribution in [-0.2, 0) is 10.0 Å². The Morgan fingerprint density at radius 1 is 1.27 bits per heavy atom. The van der Waals surface area contributed by atoms with E-state index in [0.717, 1.165) is 32.1 Å². The maximum atomic E-state index is 12.9. The van der Waals surface area contributed by atoms with Crippen molar-refractivity contribution in [3.8, 4) is 0 Å². The first-order valence-electron chi connectivity index (χ1n) is 7.64. The van der Waals surface area contributed by atoms with E-state index in [0.29, 0.717) is 12.1 Å². The first-order chi connectivity index (χ1) is 10.4. The van der Waals surface area contributed by atoms with E-state index in [2.05, 4.69) is 0 Å². The molecule has 1 aromatic rings. The summed E-state index contributed by atoms with van der Waals surface area (Å²) in [6.45, 7) is 3.80. The summed E-state index contributed by atoms with van der Waals surface area (Å²) in [6, 6.07) is 4.14. The lowest BCUT2D eigenvalue weighted by Crippen LogP contribution is -2.41. The Hall–Kier alpha value is -1.47. The van der Waals surface area contributed by atoms with Gasteiger partial charge < -0.3 is 0 Å². The summed E-state index contributed by atoms with van der Waals surface area (Å²) in [5, 5.41) is 11.0. The van der Waals surface area contributed by atoms with Crippen LogP contribution in [0.15, 0.2) is 23.1 Å². The zero-order valence-electron chi connectivity index (χ0n) is 13.0. The maximum absolute atomic E-state index is 12.9. The molecule has 6 nitrogen and oxygen atoms in total.